The van der Waals surface area contributed by atoms with Crippen LogP contribution >= 0.6 is 11.6 Å². The molecule has 0 aromatic heterocycles. The molecule has 2 heterocycles. The number of amides is 2. The van der Waals surface area contributed by atoms with Crippen LogP contribution in [0.15, 0.2) is 24.3 Å². The topological polar surface area (TPSA) is 61.4 Å². The van der Waals surface area contributed by atoms with Crippen molar-refractivity contribution in [2.24, 2.45) is 11.3 Å². The fourth-order valence-corrected chi connectivity index (χ4v) is 4.89. The van der Waals surface area contributed by atoms with Crippen molar-refractivity contribution in [2.45, 2.75) is 38.1 Å². The van der Waals surface area contributed by atoms with Crippen LogP contribution in [-0.2, 0) is 9.59 Å². The van der Waals surface area contributed by atoms with Crippen LogP contribution in [0.25, 0.3) is 0 Å². The first-order valence-electron chi connectivity index (χ1n) is 9.19. The third kappa shape index (κ3) is 2.93. The summed E-state index contributed by atoms with van der Waals surface area (Å²) in [6, 6.07) is 6.88. The molecule has 2 amide bonds. The van der Waals surface area contributed by atoms with Gasteiger partial charge >= 0.3 is 0 Å². The lowest BCUT2D eigenvalue weighted by Gasteiger charge is -2.37. The van der Waals surface area contributed by atoms with Gasteiger partial charge in [0.2, 0.25) is 11.8 Å². The second kappa shape index (κ2) is 6.61. The Morgan fingerprint density at radius 1 is 1.32 bits per heavy atom. The molecule has 1 aromatic rings. The second-order valence-electron chi connectivity index (χ2n) is 7.51. The van der Waals surface area contributed by atoms with Gasteiger partial charge in [0, 0.05) is 23.8 Å². The summed E-state index contributed by atoms with van der Waals surface area (Å²) < 4.78 is 0. The highest BCUT2D eigenvalue weighted by Gasteiger charge is 2.51. The maximum absolute atomic E-state index is 13.1. The molecule has 1 saturated carbocycles. The van der Waals surface area contributed by atoms with Crippen LogP contribution in [0.4, 0.5) is 5.69 Å². The molecule has 1 aliphatic carbocycles. The number of hydrogen-bond donors (Lipinski definition) is 2. The molecule has 4 rings (SSSR count). The molecule has 134 valence electrons. The van der Waals surface area contributed by atoms with E-state index >= 15 is 0 Å². The Kier molecular flexibility index (Phi) is 4.46. The fraction of sp³-hybridized carbons (Fsp3) is 0.579. The quantitative estimate of drug-likeness (QED) is 0.868. The molecule has 5 nitrogen and oxygen atoms in total. The summed E-state index contributed by atoms with van der Waals surface area (Å²) in [4.78, 5) is 27.6. The number of rotatable bonds is 3. The molecule has 1 aromatic carbocycles. The Morgan fingerprint density at radius 2 is 2.20 bits per heavy atom. The molecule has 2 saturated heterocycles. The first-order valence-corrected chi connectivity index (χ1v) is 9.56. The van der Waals surface area contributed by atoms with Crippen LogP contribution in [-0.4, -0.2) is 37.5 Å². The lowest BCUT2D eigenvalue weighted by Crippen LogP contribution is -2.52. The number of anilines is 1. The molecule has 1 unspecified atom stereocenters. The molecule has 25 heavy (non-hydrogen) atoms. The van der Waals surface area contributed by atoms with Crippen LogP contribution in [0.3, 0.4) is 0 Å². The number of carbonyl (C=O) groups is 2. The van der Waals surface area contributed by atoms with Crippen molar-refractivity contribution in [3.8, 4) is 0 Å². The van der Waals surface area contributed by atoms with Gasteiger partial charge in [0.25, 0.3) is 0 Å². The summed E-state index contributed by atoms with van der Waals surface area (Å²) in [7, 11) is 0. The predicted molar refractivity (Wildman–Crippen MR) is 97.6 cm³/mol. The van der Waals surface area contributed by atoms with Crippen LogP contribution in [0.2, 0.25) is 5.02 Å². The highest BCUT2D eigenvalue weighted by Crippen LogP contribution is 2.44. The molecule has 3 fully saturated rings. The number of hydrogen-bond acceptors (Lipinski definition) is 3. The Morgan fingerprint density at radius 3 is 3.04 bits per heavy atom. The zero-order valence-corrected chi connectivity index (χ0v) is 15.0. The SMILES string of the molecule is O=C1C(NC(=O)[C@@]23CCCC[C@H]2CNC3)CCN1c1cccc(Cl)c1. The van der Waals surface area contributed by atoms with E-state index in [0.717, 1.165) is 38.0 Å². The smallest absolute Gasteiger partial charge is 0.249 e. The van der Waals surface area contributed by atoms with Gasteiger partial charge in [-0.2, -0.15) is 0 Å². The minimum atomic E-state index is -0.427. The number of nitrogens with one attached hydrogen (secondary N) is 2. The van der Waals surface area contributed by atoms with Crippen molar-refractivity contribution in [3.63, 3.8) is 0 Å². The summed E-state index contributed by atoms with van der Waals surface area (Å²) in [6.07, 6.45) is 4.97. The van der Waals surface area contributed by atoms with E-state index in [1.807, 2.05) is 12.1 Å². The Hall–Kier alpha value is -1.59. The summed E-state index contributed by atoms with van der Waals surface area (Å²) in [5.41, 5.74) is 0.479. The fourth-order valence-electron chi connectivity index (χ4n) is 4.71. The molecule has 2 N–H and O–H groups in total. The Bertz CT molecular complexity index is 695. The third-order valence-corrected chi connectivity index (χ3v) is 6.36. The van der Waals surface area contributed by atoms with Crippen LogP contribution in [0.1, 0.15) is 32.1 Å². The highest BCUT2D eigenvalue weighted by molar-refractivity contribution is 6.31. The molecule has 3 atom stereocenters. The van der Waals surface area contributed by atoms with E-state index in [0.29, 0.717) is 23.9 Å². The lowest BCUT2D eigenvalue weighted by molar-refractivity contribution is -0.136. The zero-order valence-electron chi connectivity index (χ0n) is 14.3. The van der Waals surface area contributed by atoms with Crippen LogP contribution in [0.5, 0.6) is 0 Å². The molecule has 0 bridgehead atoms. The Balaban J connectivity index is 1.46. The van der Waals surface area contributed by atoms with Crippen molar-refractivity contribution in [3.05, 3.63) is 29.3 Å². The average Bonchev–Trinajstić information content (AvgIpc) is 3.20. The van der Waals surface area contributed by atoms with Gasteiger partial charge < -0.3 is 15.5 Å². The number of benzene rings is 1. The van der Waals surface area contributed by atoms with Crippen molar-refractivity contribution < 1.29 is 9.59 Å². The van der Waals surface area contributed by atoms with Crippen LogP contribution < -0.4 is 15.5 Å². The van der Waals surface area contributed by atoms with E-state index in [-0.39, 0.29) is 17.2 Å². The largest absolute Gasteiger partial charge is 0.344 e. The van der Waals surface area contributed by atoms with E-state index < -0.39 is 6.04 Å². The minimum Gasteiger partial charge on any atom is -0.344 e. The summed E-state index contributed by atoms with van der Waals surface area (Å²) in [5, 5.41) is 7.07. The highest BCUT2D eigenvalue weighted by atomic mass is 35.5. The minimum absolute atomic E-state index is 0.0367. The summed E-state index contributed by atoms with van der Waals surface area (Å²) in [5.74, 6) is 0.431. The second-order valence-corrected chi connectivity index (χ2v) is 7.95. The molecule has 3 aliphatic rings. The van der Waals surface area contributed by atoms with Gasteiger partial charge in [0.05, 0.1) is 5.41 Å². The molecule has 0 radical (unpaired) electrons. The first kappa shape index (κ1) is 16.9. The van der Waals surface area contributed by atoms with Crippen molar-refractivity contribution >= 4 is 29.1 Å². The van der Waals surface area contributed by atoms with Crippen LogP contribution in [0, 0.1) is 11.3 Å². The van der Waals surface area contributed by atoms with Gasteiger partial charge in [-0.05, 0) is 49.9 Å². The average molecular weight is 362 g/mol. The molecular formula is C19H24ClN3O2. The normalized spacial score (nSPS) is 31.9. The monoisotopic (exact) mass is 361 g/mol. The van der Waals surface area contributed by atoms with E-state index in [2.05, 4.69) is 10.6 Å². The molecule has 6 heteroatoms. The van der Waals surface area contributed by atoms with Gasteiger partial charge in [-0.25, -0.2) is 0 Å². The van der Waals surface area contributed by atoms with E-state index in [9.17, 15) is 9.59 Å². The maximum atomic E-state index is 13.1. The standard InChI is InChI=1S/C19H24ClN3O2/c20-14-5-3-6-15(10-14)23-9-7-16(17(23)24)22-18(25)19-8-2-1-4-13(19)11-21-12-19/h3,5-6,10,13,16,21H,1-2,4,7-9,11-12H2,(H,22,25)/t13-,16?,19+/m0/s1. The molecular weight excluding hydrogens is 338 g/mol. The van der Waals surface area contributed by atoms with Gasteiger partial charge in [0.15, 0.2) is 0 Å². The third-order valence-electron chi connectivity index (χ3n) is 6.12. The van der Waals surface area contributed by atoms with Crippen molar-refractivity contribution in [2.75, 3.05) is 24.5 Å². The summed E-state index contributed by atoms with van der Waals surface area (Å²) in [6.45, 7) is 2.27. The van der Waals surface area contributed by atoms with Gasteiger partial charge in [-0.3, -0.25) is 9.59 Å². The van der Waals surface area contributed by atoms with Gasteiger partial charge in [-0.1, -0.05) is 30.5 Å². The first-order chi connectivity index (χ1) is 12.1. The van der Waals surface area contributed by atoms with Gasteiger partial charge in [0.1, 0.15) is 6.04 Å². The lowest BCUT2D eigenvalue weighted by atomic mass is 9.67. The molecule has 0 spiro atoms. The Labute approximate surface area is 153 Å². The number of halogens is 1. The van der Waals surface area contributed by atoms with Crippen molar-refractivity contribution in [1.82, 2.24) is 10.6 Å². The summed E-state index contributed by atoms with van der Waals surface area (Å²) >= 11 is 6.04. The van der Waals surface area contributed by atoms with E-state index in [1.165, 1.54) is 6.42 Å². The van der Waals surface area contributed by atoms with E-state index in [1.54, 1.807) is 17.0 Å². The maximum Gasteiger partial charge on any atom is 0.249 e. The van der Waals surface area contributed by atoms with E-state index in [4.69, 9.17) is 11.6 Å². The zero-order chi connectivity index (χ0) is 17.4. The molecule has 2 aliphatic heterocycles. The number of nitrogens with zero attached hydrogens (tertiary/aromatic N) is 1. The number of fused-ring (bicyclic) bond motifs is 1. The predicted octanol–water partition coefficient (Wildman–Crippen LogP) is 2.34. The van der Waals surface area contributed by atoms with Crippen molar-refractivity contribution in [1.29, 1.82) is 0 Å². The number of carbonyl (C=O) groups excluding carboxylic acids is 2. The van der Waals surface area contributed by atoms with Gasteiger partial charge in [-0.15, -0.1) is 0 Å².